The highest BCUT2D eigenvalue weighted by Gasteiger charge is 2.25. The Hall–Kier alpha value is -0.570. The average molecular weight is 355 g/mol. The first-order valence-corrected chi connectivity index (χ1v) is 8.02. The van der Waals surface area contributed by atoms with Crippen LogP contribution in [0.1, 0.15) is 6.42 Å². The standard InChI is InChI=1S/C11H13BrF2N2O2S/c12-9-3-8(13)4-10(14)11(9)19(17,18)16-6-7-1-2-15-5-7/h3-4,7,15-16H,1-2,5-6H2. The van der Waals surface area contributed by atoms with Gasteiger partial charge in [0.25, 0.3) is 0 Å². The second-order valence-corrected chi connectivity index (χ2v) is 6.97. The summed E-state index contributed by atoms with van der Waals surface area (Å²) in [4.78, 5) is -0.556. The van der Waals surface area contributed by atoms with E-state index in [4.69, 9.17) is 0 Å². The molecule has 0 saturated carbocycles. The molecule has 1 unspecified atom stereocenters. The lowest BCUT2D eigenvalue weighted by Crippen LogP contribution is -2.31. The molecule has 0 radical (unpaired) electrons. The lowest BCUT2D eigenvalue weighted by Gasteiger charge is -2.12. The van der Waals surface area contributed by atoms with Gasteiger partial charge >= 0.3 is 0 Å². The fraction of sp³-hybridized carbons (Fsp3) is 0.455. The van der Waals surface area contributed by atoms with Crippen LogP contribution in [0.25, 0.3) is 0 Å². The number of benzene rings is 1. The molecular weight excluding hydrogens is 342 g/mol. The Morgan fingerprint density at radius 2 is 2.16 bits per heavy atom. The van der Waals surface area contributed by atoms with E-state index < -0.39 is 26.6 Å². The number of sulfonamides is 1. The molecule has 0 amide bonds. The Morgan fingerprint density at radius 1 is 1.42 bits per heavy atom. The molecule has 1 aromatic carbocycles. The Bertz CT molecular complexity index is 551. The average Bonchev–Trinajstić information content (AvgIpc) is 2.77. The summed E-state index contributed by atoms with van der Waals surface area (Å²) < 4.78 is 52.8. The van der Waals surface area contributed by atoms with Gasteiger partial charge in [0, 0.05) is 17.1 Å². The molecule has 19 heavy (non-hydrogen) atoms. The molecular formula is C11H13BrF2N2O2S. The SMILES string of the molecule is O=S(=O)(NCC1CCNC1)c1c(F)cc(F)cc1Br. The van der Waals surface area contributed by atoms with Gasteiger partial charge in [-0.2, -0.15) is 0 Å². The second kappa shape index (κ2) is 5.82. The third kappa shape index (κ3) is 3.50. The summed E-state index contributed by atoms with van der Waals surface area (Å²) >= 11 is 2.88. The Morgan fingerprint density at radius 3 is 2.74 bits per heavy atom. The van der Waals surface area contributed by atoms with Gasteiger partial charge < -0.3 is 5.32 Å². The van der Waals surface area contributed by atoms with E-state index in [-0.39, 0.29) is 16.9 Å². The van der Waals surface area contributed by atoms with E-state index in [2.05, 4.69) is 26.0 Å². The molecule has 1 aliphatic rings. The van der Waals surface area contributed by atoms with Crippen molar-refractivity contribution in [1.82, 2.24) is 10.0 Å². The third-order valence-corrected chi connectivity index (χ3v) is 5.34. The van der Waals surface area contributed by atoms with Crippen LogP contribution in [0.15, 0.2) is 21.5 Å². The van der Waals surface area contributed by atoms with E-state index in [1.165, 1.54) is 0 Å². The quantitative estimate of drug-likeness (QED) is 0.863. The molecule has 1 saturated heterocycles. The minimum Gasteiger partial charge on any atom is -0.316 e. The van der Waals surface area contributed by atoms with Crippen molar-refractivity contribution in [2.24, 2.45) is 5.92 Å². The molecule has 2 rings (SSSR count). The van der Waals surface area contributed by atoms with Crippen LogP contribution >= 0.6 is 15.9 Å². The molecule has 1 atom stereocenters. The van der Waals surface area contributed by atoms with Gasteiger partial charge in [0.2, 0.25) is 10.0 Å². The molecule has 1 fully saturated rings. The topological polar surface area (TPSA) is 58.2 Å². The molecule has 2 N–H and O–H groups in total. The lowest BCUT2D eigenvalue weighted by atomic mass is 10.1. The van der Waals surface area contributed by atoms with Gasteiger partial charge in [-0.15, -0.1) is 0 Å². The number of halogens is 3. The van der Waals surface area contributed by atoms with E-state index in [1.54, 1.807) is 0 Å². The lowest BCUT2D eigenvalue weighted by molar-refractivity contribution is 0.523. The van der Waals surface area contributed by atoms with Crippen molar-refractivity contribution in [3.63, 3.8) is 0 Å². The molecule has 0 bridgehead atoms. The van der Waals surface area contributed by atoms with Crippen molar-refractivity contribution < 1.29 is 17.2 Å². The summed E-state index contributed by atoms with van der Waals surface area (Å²) in [6.07, 6.45) is 0.871. The minimum atomic E-state index is -3.99. The molecule has 1 heterocycles. The number of nitrogens with one attached hydrogen (secondary N) is 2. The van der Waals surface area contributed by atoms with Crippen LogP contribution in [-0.2, 0) is 10.0 Å². The van der Waals surface area contributed by atoms with Crippen LogP contribution in [0.3, 0.4) is 0 Å². The Labute approximate surface area is 118 Å². The van der Waals surface area contributed by atoms with Gasteiger partial charge in [-0.1, -0.05) is 0 Å². The highest BCUT2D eigenvalue weighted by Crippen LogP contribution is 2.26. The zero-order valence-corrected chi connectivity index (χ0v) is 12.3. The van der Waals surface area contributed by atoms with Gasteiger partial charge in [-0.05, 0) is 47.4 Å². The predicted octanol–water partition coefficient (Wildman–Crippen LogP) is 1.62. The molecule has 0 aliphatic carbocycles. The zero-order chi connectivity index (χ0) is 14.0. The predicted molar refractivity (Wildman–Crippen MR) is 70.2 cm³/mol. The van der Waals surface area contributed by atoms with Crippen LogP contribution in [0.5, 0.6) is 0 Å². The summed E-state index contributed by atoms with van der Waals surface area (Å²) in [6, 6.07) is 1.48. The Balaban J connectivity index is 2.19. The maximum absolute atomic E-state index is 13.6. The van der Waals surface area contributed by atoms with Crippen LogP contribution in [0.4, 0.5) is 8.78 Å². The van der Waals surface area contributed by atoms with Crippen LogP contribution in [-0.4, -0.2) is 28.1 Å². The summed E-state index contributed by atoms with van der Waals surface area (Å²) in [5.41, 5.74) is 0. The van der Waals surface area contributed by atoms with Crippen LogP contribution in [0.2, 0.25) is 0 Å². The molecule has 8 heteroatoms. The van der Waals surface area contributed by atoms with Gasteiger partial charge in [-0.25, -0.2) is 21.9 Å². The van der Waals surface area contributed by atoms with E-state index in [0.717, 1.165) is 25.6 Å². The summed E-state index contributed by atoms with van der Waals surface area (Å²) in [5.74, 6) is -1.75. The molecule has 1 aliphatic heterocycles. The normalized spacial score (nSPS) is 19.8. The van der Waals surface area contributed by atoms with Crippen molar-refractivity contribution in [3.05, 3.63) is 28.2 Å². The third-order valence-electron chi connectivity index (χ3n) is 2.96. The smallest absolute Gasteiger partial charge is 0.244 e. The number of hydrogen-bond acceptors (Lipinski definition) is 3. The molecule has 0 aromatic heterocycles. The van der Waals surface area contributed by atoms with E-state index in [9.17, 15) is 17.2 Å². The summed E-state index contributed by atoms with van der Waals surface area (Å²) in [6.45, 7) is 1.81. The fourth-order valence-electron chi connectivity index (χ4n) is 1.97. The van der Waals surface area contributed by atoms with E-state index in [0.29, 0.717) is 6.07 Å². The van der Waals surface area contributed by atoms with Crippen molar-refractivity contribution >= 4 is 26.0 Å². The van der Waals surface area contributed by atoms with Crippen molar-refractivity contribution in [2.45, 2.75) is 11.3 Å². The summed E-state index contributed by atoms with van der Waals surface area (Å²) in [7, 11) is -3.99. The largest absolute Gasteiger partial charge is 0.316 e. The fourth-order valence-corrected chi connectivity index (χ4v) is 4.25. The summed E-state index contributed by atoms with van der Waals surface area (Å²) in [5, 5.41) is 3.11. The van der Waals surface area contributed by atoms with Crippen molar-refractivity contribution in [2.75, 3.05) is 19.6 Å². The van der Waals surface area contributed by atoms with Crippen LogP contribution < -0.4 is 10.0 Å². The van der Waals surface area contributed by atoms with E-state index >= 15 is 0 Å². The van der Waals surface area contributed by atoms with Crippen molar-refractivity contribution in [3.8, 4) is 0 Å². The first-order chi connectivity index (χ1) is 8.90. The monoisotopic (exact) mass is 354 g/mol. The van der Waals surface area contributed by atoms with Gasteiger partial charge in [-0.3, -0.25) is 0 Å². The van der Waals surface area contributed by atoms with Crippen LogP contribution in [0, 0.1) is 17.6 Å². The molecule has 106 valence electrons. The first-order valence-electron chi connectivity index (χ1n) is 5.75. The van der Waals surface area contributed by atoms with Gasteiger partial charge in [0.05, 0.1) is 0 Å². The first kappa shape index (κ1) is 14.8. The molecule has 4 nitrogen and oxygen atoms in total. The minimum absolute atomic E-state index is 0.123. The van der Waals surface area contributed by atoms with Gasteiger partial charge in [0.1, 0.15) is 16.5 Å². The van der Waals surface area contributed by atoms with E-state index in [1.807, 2.05) is 0 Å². The molecule has 1 aromatic rings. The zero-order valence-electron chi connectivity index (χ0n) is 9.92. The molecule has 0 spiro atoms. The Kier molecular flexibility index (Phi) is 4.54. The maximum Gasteiger partial charge on any atom is 0.244 e. The second-order valence-electron chi connectivity index (χ2n) is 4.41. The van der Waals surface area contributed by atoms with Crippen molar-refractivity contribution in [1.29, 1.82) is 0 Å². The number of rotatable bonds is 4. The highest BCUT2D eigenvalue weighted by molar-refractivity contribution is 9.10. The maximum atomic E-state index is 13.6. The van der Waals surface area contributed by atoms with Gasteiger partial charge in [0.15, 0.2) is 0 Å². The highest BCUT2D eigenvalue weighted by atomic mass is 79.9. The number of hydrogen-bond donors (Lipinski definition) is 2.